The number of likely N-dealkylation sites (tertiary alicyclic amines) is 1. The van der Waals surface area contributed by atoms with Crippen LogP contribution in [0.5, 0.6) is 11.6 Å². The number of benzene rings is 2. The van der Waals surface area contributed by atoms with Gasteiger partial charge in [0.2, 0.25) is 5.88 Å². The molecule has 0 radical (unpaired) electrons. The minimum absolute atomic E-state index is 0.101. The van der Waals surface area contributed by atoms with Gasteiger partial charge in [0.1, 0.15) is 11.6 Å². The van der Waals surface area contributed by atoms with E-state index in [1.165, 1.54) is 12.8 Å². The number of nitrogens with one attached hydrogen (secondary N) is 2. The van der Waals surface area contributed by atoms with Crippen LogP contribution in [-0.2, 0) is 0 Å². The molecule has 1 aliphatic rings. The zero-order valence-corrected chi connectivity index (χ0v) is 19.9. The minimum atomic E-state index is -0.101. The van der Waals surface area contributed by atoms with Gasteiger partial charge in [-0.2, -0.15) is 0 Å². The average molecular weight is 472 g/mol. The van der Waals surface area contributed by atoms with Gasteiger partial charge < -0.3 is 25.0 Å². The maximum atomic E-state index is 12.8. The number of imidazole rings is 1. The second-order valence-corrected chi connectivity index (χ2v) is 8.95. The van der Waals surface area contributed by atoms with Crippen LogP contribution in [0.1, 0.15) is 29.6 Å². The van der Waals surface area contributed by atoms with Gasteiger partial charge in [-0.15, -0.1) is 0 Å². The molecule has 0 bridgehead atoms. The quantitative estimate of drug-likeness (QED) is 0.389. The Balaban J connectivity index is 1.40. The number of likely N-dealkylation sites (N-methyl/N-ethyl adjacent to an activating group) is 1. The van der Waals surface area contributed by atoms with Gasteiger partial charge in [-0.25, -0.2) is 9.97 Å². The summed E-state index contributed by atoms with van der Waals surface area (Å²) in [6.45, 7) is 1.71. The Morgan fingerprint density at radius 3 is 2.91 bits per heavy atom. The summed E-state index contributed by atoms with van der Waals surface area (Å²) in [5, 5.41) is 13.6. The first-order valence-corrected chi connectivity index (χ1v) is 11.8. The molecule has 35 heavy (non-hydrogen) atoms. The van der Waals surface area contributed by atoms with Gasteiger partial charge >= 0.3 is 0 Å². The third-order valence-corrected chi connectivity index (χ3v) is 6.69. The Bertz CT molecular complexity index is 1370. The molecule has 8 heteroatoms. The van der Waals surface area contributed by atoms with E-state index < -0.39 is 0 Å². The fourth-order valence-corrected chi connectivity index (χ4v) is 4.66. The molecular formula is C27H29N5O3. The van der Waals surface area contributed by atoms with Crippen molar-refractivity contribution in [3.63, 3.8) is 0 Å². The van der Waals surface area contributed by atoms with Crippen molar-refractivity contribution in [3.05, 3.63) is 60.3 Å². The molecule has 1 aliphatic heterocycles. The summed E-state index contributed by atoms with van der Waals surface area (Å²) < 4.78 is 5.39. The number of methoxy groups -OCH3 is 1. The van der Waals surface area contributed by atoms with Crippen molar-refractivity contribution in [3.8, 4) is 34.1 Å². The number of phenols is 1. The number of H-pyrrole nitrogens is 1. The fourth-order valence-electron chi connectivity index (χ4n) is 4.66. The first-order valence-electron chi connectivity index (χ1n) is 11.8. The molecule has 3 N–H and O–H groups in total. The first kappa shape index (κ1) is 22.9. The number of aromatic hydroxyl groups is 1. The standard InChI is InChI=1S/C27H29N5O3/c1-32-13-4-3-6-19(32)16-29-26(34)18-8-10-22-23(15-18)31-25(30-22)21-14-17(9-11-24(21)33)20-7-5-12-28-27(20)35-2/h5,7-12,14-15,19,33H,3-4,6,13,16H2,1-2H3,(H,29,34)(H,30,31). The van der Waals surface area contributed by atoms with Crippen LogP contribution in [-0.4, -0.2) is 64.2 Å². The van der Waals surface area contributed by atoms with E-state index in [0.29, 0.717) is 40.9 Å². The Labute approximate surface area is 204 Å². The van der Waals surface area contributed by atoms with Gasteiger partial charge in [0.05, 0.1) is 23.7 Å². The van der Waals surface area contributed by atoms with Gasteiger partial charge in [0.25, 0.3) is 5.91 Å². The molecule has 5 rings (SSSR count). The maximum Gasteiger partial charge on any atom is 0.251 e. The zero-order chi connectivity index (χ0) is 24.4. The number of ether oxygens (including phenoxy) is 1. The highest BCUT2D eigenvalue weighted by molar-refractivity contribution is 5.97. The fraction of sp³-hybridized carbons (Fsp3) is 0.296. The number of phenolic OH excluding ortho intramolecular Hbond substituents is 1. The van der Waals surface area contributed by atoms with Crippen LogP contribution in [0.2, 0.25) is 0 Å². The third kappa shape index (κ3) is 4.70. The predicted molar refractivity (Wildman–Crippen MR) is 136 cm³/mol. The minimum Gasteiger partial charge on any atom is -0.507 e. The molecule has 4 aromatic rings. The van der Waals surface area contributed by atoms with Crippen molar-refractivity contribution >= 4 is 16.9 Å². The lowest BCUT2D eigenvalue weighted by Gasteiger charge is -2.32. The van der Waals surface area contributed by atoms with Crippen molar-refractivity contribution in [2.24, 2.45) is 0 Å². The van der Waals surface area contributed by atoms with Crippen LogP contribution < -0.4 is 10.1 Å². The van der Waals surface area contributed by atoms with Gasteiger partial charge in [-0.1, -0.05) is 12.5 Å². The van der Waals surface area contributed by atoms with Crippen LogP contribution >= 0.6 is 0 Å². The van der Waals surface area contributed by atoms with E-state index in [9.17, 15) is 9.90 Å². The van der Waals surface area contributed by atoms with Crippen molar-refractivity contribution in [2.75, 3.05) is 27.2 Å². The normalized spacial score (nSPS) is 16.3. The molecular weight excluding hydrogens is 442 g/mol. The highest BCUT2D eigenvalue weighted by Crippen LogP contribution is 2.35. The monoisotopic (exact) mass is 471 g/mol. The molecule has 8 nitrogen and oxygen atoms in total. The number of hydrogen-bond donors (Lipinski definition) is 3. The van der Waals surface area contributed by atoms with Gasteiger partial charge in [0, 0.05) is 29.9 Å². The van der Waals surface area contributed by atoms with E-state index in [4.69, 9.17) is 4.74 Å². The number of carbonyl (C=O) groups is 1. The molecule has 1 fully saturated rings. The maximum absolute atomic E-state index is 12.8. The van der Waals surface area contributed by atoms with Crippen LogP contribution in [0.25, 0.3) is 33.5 Å². The average Bonchev–Trinajstić information content (AvgIpc) is 3.31. The highest BCUT2D eigenvalue weighted by Gasteiger charge is 2.20. The Morgan fingerprint density at radius 1 is 1.20 bits per heavy atom. The van der Waals surface area contributed by atoms with E-state index in [1.807, 2.05) is 30.3 Å². The van der Waals surface area contributed by atoms with Gasteiger partial charge in [-0.3, -0.25) is 4.79 Å². The van der Waals surface area contributed by atoms with E-state index >= 15 is 0 Å². The number of fused-ring (bicyclic) bond motifs is 1. The highest BCUT2D eigenvalue weighted by atomic mass is 16.5. The summed E-state index contributed by atoms with van der Waals surface area (Å²) in [7, 11) is 3.69. The van der Waals surface area contributed by atoms with Crippen LogP contribution in [0.4, 0.5) is 0 Å². The molecule has 0 saturated carbocycles. The van der Waals surface area contributed by atoms with Crippen molar-refractivity contribution in [1.29, 1.82) is 0 Å². The van der Waals surface area contributed by atoms with Gasteiger partial charge in [0.15, 0.2) is 0 Å². The number of amides is 1. The third-order valence-electron chi connectivity index (χ3n) is 6.69. The summed E-state index contributed by atoms with van der Waals surface area (Å²) in [5.41, 5.74) is 4.23. The molecule has 0 aliphatic carbocycles. The number of rotatable bonds is 6. The van der Waals surface area contributed by atoms with E-state index in [1.54, 1.807) is 31.5 Å². The van der Waals surface area contributed by atoms with Gasteiger partial charge in [-0.05, 0) is 74.5 Å². The second kappa shape index (κ2) is 9.76. The summed E-state index contributed by atoms with van der Waals surface area (Å²) in [4.78, 5) is 27.3. The summed E-state index contributed by atoms with van der Waals surface area (Å²) in [5.74, 6) is 1.02. The smallest absolute Gasteiger partial charge is 0.251 e. The zero-order valence-electron chi connectivity index (χ0n) is 19.9. The number of carbonyl (C=O) groups excluding carboxylic acids is 1. The molecule has 2 aromatic heterocycles. The first-order chi connectivity index (χ1) is 17.0. The SMILES string of the molecule is COc1ncccc1-c1ccc(O)c(-c2nc3ccc(C(=O)NCC4CCCCN4C)cc3[nH]2)c1. The van der Waals surface area contributed by atoms with Crippen molar-refractivity contribution in [1.82, 2.24) is 25.2 Å². The molecule has 3 heterocycles. The topological polar surface area (TPSA) is 103 Å². The second-order valence-electron chi connectivity index (χ2n) is 8.95. The number of nitrogens with zero attached hydrogens (tertiary/aromatic N) is 3. The lowest BCUT2D eigenvalue weighted by molar-refractivity contribution is 0.0928. The van der Waals surface area contributed by atoms with Crippen molar-refractivity contribution < 1.29 is 14.6 Å². The van der Waals surface area contributed by atoms with E-state index in [2.05, 4.69) is 32.2 Å². The number of hydrogen-bond acceptors (Lipinski definition) is 6. The molecule has 2 aromatic carbocycles. The van der Waals surface area contributed by atoms with Crippen LogP contribution in [0.15, 0.2) is 54.7 Å². The van der Waals surface area contributed by atoms with Crippen LogP contribution in [0.3, 0.4) is 0 Å². The molecule has 0 spiro atoms. The summed E-state index contributed by atoms with van der Waals surface area (Å²) in [6, 6.07) is 14.8. The summed E-state index contributed by atoms with van der Waals surface area (Å²) in [6.07, 6.45) is 5.20. The largest absolute Gasteiger partial charge is 0.507 e. The Kier molecular flexibility index (Phi) is 6.37. The molecule has 1 atom stereocenters. The molecule has 1 amide bonds. The molecule has 180 valence electrons. The Hall–Kier alpha value is -3.91. The number of pyridine rings is 1. The van der Waals surface area contributed by atoms with E-state index in [-0.39, 0.29) is 11.7 Å². The molecule has 1 saturated heterocycles. The number of aromatic amines is 1. The Morgan fingerprint density at radius 2 is 2.09 bits per heavy atom. The van der Waals surface area contributed by atoms with Crippen molar-refractivity contribution in [2.45, 2.75) is 25.3 Å². The number of piperidine rings is 1. The summed E-state index contributed by atoms with van der Waals surface area (Å²) >= 11 is 0. The number of aromatic nitrogens is 3. The lowest BCUT2D eigenvalue weighted by atomic mass is 10.0. The predicted octanol–water partition coefficient (Wildman–Crippen LogP) is 4.22. The lowest BCUT2D eigenvalue weighted by Crippen LogP contribution is -2.44. The van der Waals surface area contributed by atoms with Crippen LogP contribution in [0, 0.1) is 0 Å². The van der Waals surface area contributed by atoms with E-state index in [0.717, 1.165) is 29.6 Å². The molecule has 1 unspecified atom stereocenters.